The molecule has 4 nitrogen and oxygen atoms in total. The van der Waals surface area contributed by atoms with E-state index in [0.717, 1.165) is 11.4 Å². The van der Waals surface area contributed by atoms with Crippen LogP contribution in [0.4, 0.5) is 5.69 Å². The first kappa shape index (κ1) is 14.8. The van der Waals surface area contributed by atoms with Crippen LogP contribution in [-0.4, -0.2) is 11.2 Å². The minimum absolute atomic E-state index is 0.0892. The van der Waals surface area contributed by atoms with E-state index in [1.54, 1.807) is 6.07 Å². The molecule has 1 heterocycles. The zero-order valence-corrected chi connectivity index (χ0v) is 12.3. The minimum Gasteiger partial charge on any atom is -0.489 e. The van der Waals surface area contributed by atoms with Crippen molar-refractivity contribution in [2.75, 3.05) is 5.32 Å². The van der Waals surface area contributed by atoms with Gasteiger partial charge >= 0.3 is 0 Å². The number of halogens is 1. The van der Waals surface area contributed by atoms with Crippen molar-refractivity contribution in [1.82, 2.24) is 0 Å². The highest BCUT2D eigenvalue weighted by Gasteiger charge is 2.06. The maximum absolute atomic E-state index is 8.93. The smallest absolute Gasteiger partial charge is 0.138 e. The Kier molecular flexibility index (Phi) is 4.93. The molecule has 2 rings (SSSR count). The topological polar surface area (TPSA) is 54.6 Å². The van der Waals surface area contributed by atoms with Crippen LogP contribution in [0.3, 0.4) is 0 Å². The van der Waals surface area contributed by atoms with Gasteiger partial charge in [-0.05, 0) is 44.2 Å². The van der Waals surface area contributed by atoms with Gasteiger partial charge in [-0.1, -0.05) is 11.6 Å². The summed E-state index contributed by atoms with van der Waals surface area (Å²) in [6.45, 7) is 4.35. The van der Waals surface area contributed by atoms with Crippen LogP contribution in [0.5, 0.6) is 5.75 Å². The molecule has 0 aliphatic carbocycles. The fourth-order valence-electron chi connectivity index (χ4n) is 1.75. The zero-order chi connectivity index (χ0) is 14.5. The highest BCUT2D eigenvalue weighted by atomic mass is 35.5. The Morgan fingerprint density at radius 1 is 1.25 bits per heavy atom. The average molecular weight is 296 g/mol. The molecule has 108 valence electrons. The van der Waals surface area contributed by atoms with Crippen LogP contribution in [0.1, 0.15) is 25.4 Å². The summed E-state index contributed by atoms with van der Waals surface area (Å²) in [5.41, 5.74) is 0.882. The van der Waals surface area contributed by atoms with E-state index in [1.807, 2.05) is 38.1 Å². The van der Waals surface area contributed by atoms with Crippen LogP contribution in [0.15, 0.2) is 34.7 Å². The third-order valence-electron chi connectivity index (χ3n) is 2.63. The van der Waals surface area contributed by atoms with Crippen molar-refractivity contribution in [3.8, 4) is 5.75 Å². The van der Waals surface area contributed by atoms with Crippen LogP contribution < -0.4 is 10.1 Å². The highest BCUT2D eigenvalue weighted by Crippen LogP contribution is 2.28. The number of ether oxygens (including phenoxy) is 1. The average Bonchev–Trinajstić information content (AvgIpc) is 2.87. The molecule has 0 fully saturated rings. The van der Waals surface area contributed by atoms with Gasteiger partial charge in [-0.2, -0.15) is 0 Å². The van der Waals surface area contributed by atoms with E-state index in [2.05, 4.69) is 5.32 Å². The summed E-state index contributed by atoms with van der Waals surface area (Å²) in [7, 11) is 0. The van der Waals surface area contributed by atoms with Gasteiger partial charge in [0.1, 0.15) is 23.9 Å². The Morgan fingerprint density at radius 2 is 2.00 bits per heavy atom. The summed E-state index contributed by atoms with van der Waals surface area (Å²) in [6.07, 6.45) is 0.0892. The third kappa shape index (κ3) is 3.92. The van der Waals surface area contributed by atoms with Gasteiger partial charge in [0.25, 0.3) is 0 Å². The first-order valence-electron chi connectivity index (χ1n) is 6.47. The van der Waals surface area contributed by atoms with Gasteiger partial charge in [0.15, 0.2) is 0 Å². The van der Waals surface area contributed by atoms with Gasteiger partial charge in [-0.15, -0.1) is 0 Å². The van der Waals surface area contributed by atoms with Gasteiger partial charge in [0.05, 0.1) is 17.7 Å². The van der Waals surface area contributed by atoms with E-state index in [9.17, 15) is 0 Å². The SMILES string of the molecule is CC(C)Oc1ccc(NCc2ccc(CO)o2)cc1Cl. The number of hydrogen-bond donors (Lipinski definition) is 2. The minimum atomic E-state index is -0.0902. The quantitative estimate of drug-likeness (QED) is 0.850. The molecular formula is C15H18ClNO3. The van der Waals surface area contributed by atoms with Crippen LogP contribution >= 0.6 is 11.6 Å². The summed E-state index contributed by atoms with van der Waals surface area (Å²) >= 11 is 6.16. The second-order valence-electron chi connectivity index (χ2n) is 4.69. The molecule has 0 unspecified atom stereocenters. The van der Waals surface area contributed by atoms with Crippen molar-refractivity contribution < 1.29 is 14.3 Å². The van der Waals surface area contributed by atoms with Crippen LogP contribution in [0.25, 0.3) is 0 Å². The van der Waals surface area contributed by atoms with Gasteiger partial charge < -0.3 is 19.6 Å². The van der Waals surface area contributed by atoms with E-state index in [-0.39, 0.29) is 12.7 Å². The summed E-state index contributed by atoms with van der Waals surface area (Å²) in [5, 5.41) is 12.7. The van der Waals surface area contributed by atoms with Crippen molar-refractivity contribution in [2.45, 2.75) is 33.1 Å². The van der Waals surface area contributed by atoms with Gasteiger partial charge in [-0.3, -0.25) is 0 Å². The highest BCUT2D eigenvalue weighted by molar-refractivity contribution is 6.32. The fraction of sp³-hybridized carbons (Fsp3) is 0.333. The lowest BCUT2D eigenvalue weighted by Crippen LogP contribution is -2.06. The normalized spacial score (nSPS) is 10.8. The van der Waals surface area contributed by atoms with Gasteiger partial charge in [0, 0.05) is 5.69 Å². The van der Waals surface area contributed by atoms with Gasteiger partial charge in [0.2, 0.25) is 0 Å². The monoisotopic (exact) mass is 295 g/mol. The molecule has 2 aromatic rings. The Balaban J connectivity index is 1.97. The maximum atomic E-state index is 8.93. The Bertz CT molecular complexity index is 566. The molecule has 0 spiro atoms. The van der Waals surface area contributed by atoms with E-state index < -0.39 is 0 Å². The number of anilines is 1. The Morgan fingerprint density at radius 3 is 2.60 bits per heavy atom. The number of rotatable bonds is 6. The molecule has 0 aliphatic heterocycles. The predicted molar refractivity (Wildman–Crippen MR) is 79.2 cm³/mol. The lowest BCUT2D eigenvalue weighted by molar-refractivity contribution is 0.242. The number of furan rings is 1. The molecule has 0 amide bonds. The fourth-order valence-corrected chi connectivity index (χ4v) is 1.98. The molecule has 0 atom stereocenters. The number of aliphatic hydroxyl groups excluding tert-OH is 1. The molecule has 0 radical (unpaired) electrons. The second-order valence-corrected chi connectivity index (χ2v) is 5.10. The van der Waals surface area contributed by atoms with Crippen molar-refractivity contribution in [3.05, 3.63) is 46.9 Å². The van der Waals surface area contributed by atoms with Crippen molar-refractivity contribution in [1.29, 1.82) is 0 Å². The molecule has 1 aromatic heterocycles. The molecule has 0 saturated heterocycles. The van der Waals surface area contributed by atoms with E-state index in [1.165, 1.54) is 0 Å². The van der Waals surface area contributed by atoms with Crippen molar-refractivity contribution in [2.24, 2.45) is 0 Å². The molecule has 0 bridgehead atoms. The molecule has 0 aliphatic rings. The first-order chi connectivity index (χ1) is 9.58. The Hall–Kier alpha value is -1.65. The van der Waals surface area contributed by atoms with E-state index >= 15 is 0 Å². The van der Waals surface area contributed by atoms with E-state index in [0.29, 0.717) is 23.1 Å². The van der Waals surface area contributed by atoms with Gasteiger partial charge in [-0.25, -0.2) is 0 Å². The molecule has 0 saturated carbocycles. The summed E-state index contributed by atoms with van der Waals surface area (Å²) < 4.78 is 11.0. The molecule has 1 aromatic carbocycles. The third-order valence-corrected chi connectivity index (χ3v) is 2.93. The second kappa shape index (κ2) is 6.68. The standard InChI is InChI=1S/C15H18ClNO3/c1-10(2)19-15-6-3-11(7-14(15)16)17-8-12-4-5-13(9-18)20-12/h3-7,10,17-18H,8-9H2,1-2H3. The maximum Gasteiger partial charge on any atom is 0.138 e. The molecular weight excluding hydrogens is 278 g/mol. The summed E-state index contributed by atoms with van der Waals surface area (Å²) in [4.78, 5) is 0. The number of hydrogen-bond acceptors (Lipinski definition) is 4. The number of nitrogens with one attached hydrogen (secondary N) is 1. The summed E-state index contributed by atoms with van der Waals surface area (Å²) in [5.74, 6) is 1.99. The van der Waals surface area contributed by atoms with E-state index in [4.69, 9.17) is 25.9 Å². The van der Waals surface area contributed by atoms with Crippen LogP contribution in [0, 0.1) is 0 Å². The zero-order valence-electron chi connectivity index (χ0n) is 11.5. The lowest BCUT2D eigenvalue weighted by Gasteiger charge is -2.12. The molecule has 5 heteroatoms. The van der Waals surface area contributed by atoms with Crippen molar-refractivity contribution >= 4 is 17.3 Å². The van der Waals surface area contributed by atoms with Crippen molar-refractivity contribution in [3.63, 3.8) is 0 Å². The lowest BCUT2D eigenvalue weighted by atomic mass is 10.3. The van der Waals surface area contributed by atoms with Crippen LogP contribution in [0.2, 0.25) is 5.02 Å². The van der Waals surface area contributed by atoms with Crippen LogP contribution in [-0.2, 0) is 13.2 Å². The molecule has 2 N–H and O–H groups in total. The summed E-state index contributed by atoms with van der Waals surface area (Å²) in [6, 6.07) is 9.14. The first-order valence-corrected chi connectivity index (χ1v) is 6.85. The molecule has 20 heavy (non-hydrogen) atoms. The largest absolute Gasteiger partial charge is 0.489 e. The Labute approximate surface area is 123 Å². The number of aliphatic hydroxyl groups is 1. The number of benzene rings is 1. The predicted octanol–water partition coefficient (Wildman–Crippen LogP) is 3.82.